The van der Waals surface area contributed by atoms with Gasteiger partial charge in [0.25, 0.3) is 0 Å². The first-order valence-corrected chi connectivity index (χ1v) is 6.30. The van der Waals surface area contributed by atoms with Crippen molar-refractivity contribution in [3.8, 4) is 0 Å². The molecule has 1 atom stereocenters. The third kappa shape index (κ3) is 5.90. The number of carbonyl (C=O) groups is 2. The number of hydrogen-bond acceptors (Lipinski definition) is 3. The molecule has 0 aliphatic carbocycles. The van der Waals surface area contributed by atoms with E-state index in [0.29, 0.717) is 19.4 Å². The van der Waals surface area contributed by atoms with Gasteiger partial charge < -0.3 is 15.2 Å². The van der Waals surface area contributed by atoms with E-state index in [1.165, 1.54) is 0 Å². The summed E-state index contributed by atoms with van der Waals surface area (Å²) in [4.78, 5) is 22.1. The minimum Gasteiger partial charge on any atom is -0.481 e. The van der Waals surface area contributed by atoms with Gasteiger partial charge >= 0.3 is 12.1 Å². The molecule has 1 aromatic carbocycles. The topological polar surface area (TPSA) is 75.6 Å². The zero-order valence-electron chi connectivity index (χ0n) is 11.0. The molecule has 0 bridgehead atoms. The van der Waals surface area contributed by atoms with Crippen molar-refractivity contribution in [2.75, 3.05) is 6.54 Å². The predicted molar refractivity (Wildman–Crippen MR) is 70.7 cm³/mol. The van der Waals surface area contributed by atoms with Crippen LogP contribution in [0.3, 0.4) is 0 Å². The third-order valence-corrected chi connectivity index (χ3v) is 2.82. The lowest BCUT2D eigenvalue weighted by atomic mass is 10.0. The number of rotatable bonds is 7. The van der Waals surface area contributed by atoms with Crippen LogP contribution in [0.1, 0.15) is 25.3 Å². The molecular formula is C14H19NO4. The minimum atomic E-state index is -0.832. The number of carbonyl (C=O) groups excluding carboxylic acids is 1. The predicted octanol–water partition coefficient (Wildman–Crippen LogP) is 2.41. The molecule has 0 fully saturated rings. The number of amides is 1. The normalized spacial score (nSPS) is 11.6. The Labute approximate surface area is 112 Å². The van der Waals surface area contributed by atoms with Gasteiger partial charge in [-0.15, -0.1) is 0 Å². The minimum absolute atomic E-state index is 0.211. The van der Waals surface area contributed by atoms with Gasteiger partial charge in [0.2, 0.25) is 0 Å². The summed E-state index contributed by atoms with van der Waals surface area (Å²) in [6, 6.07) is 9.36. The Hall–Kier alpha value is -2.04. The standard InChI is InChI=1S/C14H19NO4/c1-2-12(13(16)17)8-9-15-14(18)19-10-11-6-4-3-5-7-11/h3-7,12H,2,8-10H2,1H3,(H,15,18)(H,16,17). The van der Waals surface area contributed by atoms with E-state index in [1.54, 1.807) is 0 Å². The Bertz CT molecular complexity index is 405. The molecule has 0 heterocycles. The van der Waals surface area contributed by atoms with Crippen LogP contribution in [0.4, 0.5) is 4.79 Å². The van der Waals surface area contributed by atoms with E-state index in [2.05, 4.69) is 5.32 Å². The fraction of sp³-hybridized carbons (Fsp3) is 0.429. The molecule has 5 nitrogen and oxygen atoms in total. The summed E-state index contributed by atoms with van der Waals surface area (Å²) in [6.07, 6.45) is 0.437. The summed E-state index contributed by atoms with van der Waals surface area (Å²) < 4.78 is 5.01. The number of carboxylic acid groups (broad SMARTS) is 1. The van der Waals surface area contributed by atoms with E-state index in [9.17, 15) is 9.59 Å². The maximum absolute atomic E-state index is 11.4. The molecule has 0 radical (unpaired) electrons. The van der Waals surface area contributed by atoms with Crippen LogP contribution < -0.4 is 5.32 Å². The van der Waals surface area contributed by atoms with Gasteiger partial charge in [-0.2, -0.15) is 0 Å². The number of nitrogens with one attached hydrogen (secondary N) is 1. The van der Waals surface area contributed by atoms with E-state index >= 15 is 0 Å². The van der Waals surface area contributed by atoms with Crippen molar-refractivity contribution in [1.29, 1.82) is 0 Å². The first-order chi connectivity index (χ1) is 9.13. The average molecular weight is 265 g/mol. The zero-order chi connectivity index (χ0) is 14.1. The second-order valence-electron chi connectivity index (χ2n) is 4.22. The van der Waals surface area contributed by atoms with Gasteiger partial charge in [-0.05, 0) is 18.4 Å². The van der Waals surface area contributed by atoms with Gasteiger partial charge in [-0.1, -0.05) is 37.3 Å². The molecular weight excluding hydrogens is 246 g/mol. The number of benzene rings is 1. The molecule has 1 amide bonds. The van der Waals surface area contributed by atoms with Crippen molar-refractivity contribution in [2.24, 2.45) is 5.92 Å². The Morgan fingerprint density at radius 1 is 1.32 bits per heavy atom. The van der Waals surface area contributed by atoms with Crippen LogP contribution in [0.15, 0.2) is 30.3 Å². The fourth-order valence-electron chi connectivity index (χ4n) is 1.62. The first kappa shape index (κ1) is 15.0. The summed E-state index contributed by atoms with van der Waals surface area (Å²) in [5, 5.41) is 11.4. The highest BCUT2D eigenvalue weighted by Gasteiger charge is 2.14. The molecule has 1 rings (SSSR count). The quantitative estimate of drug-likeness (QED) is 0.793. The van der Waals surface area contributed by atoms with Crippen LogP contribution in [-0.2, 0) is 16.1 Å². The van der Waals surface area contributed by atoms with E-state index in [4.69, 9.17) is 9.84 Å². The Morgan fingerprint density at radius 3 is 2.58 bits per heavy atom. The number of carboxylic acids is 1. The van der Waals surface area contributed by atoms with Crippen LogP contribution in [-0.4, -0.2) is 23.7 Å². The van der Waals surface area contributed by atoms with Crippen molar-refractivity contribution >= 4 is 12.1 Å². The highest BCUT2D eigenvalue weighted by molar-refractivity contribution is 5.70. The smallest absolute Gasteiger partial charge is 0.407 e. The van der Waals surface area contributed by atoms with E-state index in [-0.39, 0.29) is 6.61 Å². The SMILES string of the molecule is CCC(CCNC(=O)OCc1ccccc1)C(=O)O. The molecule has 5 heteroatoms. The van der Waals surface area contributed by atoms with Crippen molar-refractivity contribution < 1.29 is 19.4 Å². The number of ether oxygens (including phenoxy) is 1. The van der Waals surface area contributed by atoms with E-state index < -0.39 is 18.0 Å². The van der Waals surface area contributed by atoms with Gasteiger partial charge in [0.1, 0.15) is 6.61 Å². The molecule has 104 valence electrons. The highest BCUT2D eigenvalue weighted by atomic mass is 16.5. The summed E-state index contributed by atoms with van der Waals surface area (Å²) in [5.74, 6) is -1.25. The van der Waals surface area contributed by atoms with Crippen molar-refractivity contribution in [3.63, 3.8) is 0 Å². The van der Waals surface area contributed by atoms with E-state index in [1.807, 2.05) is 37.3 Å². The van der Waals surface area contributed by atoms with Gasteiger partial charge in [0, 0.05) is 6.54 Å². The van der Waals surface area contributed by atoms with Gasteiger partial charge in [0.15, 0.2) is 0 Å². The molecule has 0 spiro atoms. The monoisotopic (exact) mass is 265 g/mol. The second-order valence-corrected chi connectivity index (χ2v) is 4.22. The van der Waals surface area contributed by atoms with Crippen LogP contribution >= 0.6 is 0 Å². The molecule has 1 unspecified atom stereocenters. The summed E-state index contributed by atoms with van der Waals surface area (Å²) in [5.41, 5.74) is 0.912. The molecule has 2 N–H and O–H groups in total. The van der Waals surface area contributed by atoms with Crippen molar-refractivity contribution in [1.82, 2.24) is 5.32 Å². The van der Waals surface area contributed by atoms with E-state index in [0.717, 1.165) is 5.56 Å². The number of alkyl carbamates (subject to hydrolysis) is 1. The van der Waals surface area contributed by atoms with Crippen LogP contribution in [0, 0.1) is 5.92 Å². The Balaban J connectivity index is 2.20. The largest absolute Gasteiger partial charge is 0.481 e. The number of aliphatic carboxylic acids is 1. The summed E-state index contributed by atoms with van der Waals surface area (Å²) in [6.45, 7) is 2.33. The fourth-order valence-corrected chi connectivity index (χ4v) is 1.62. The molecule has 1 aromatic rings. The zero-order valence-corrected chi connectivity index (χ0v) is 11.0. The van der Waals surface area contributed by atoms with Crippen molar-refractivity contribution in [3.05, 3.63) is 35.9 Å². The maximum Gasteiger partial charge on any atom is 0.407 e. The summed E-state index contributed by atoms with van der Waals surface area (Å²) >= 11 is 0. The van der Waals surface area contributed by atoms with Crippen molar-refractivity contribution in [2.45, 2.75) is 26.4 Å². The Morgan fingerprint density at radius 2 is 2.00 bits per heavy atom. The highest BCUT2D eigenvalue weighted by Crippen LogP contribution is 2.07. The lowest BCUT2D eigenvalue weighted by Gasteiger charge is -2.10. The Kier molecular flexibility index (Phi) is 6.43. The third-order valence-electron chi connectivity index (χ3n) is 2.82. The molecule has 0 saturated carbocycles. The lowest BCUT2D eigenvalue weighted by molar-refractivity contribution is -0.142. The molecule has 0 aliphatic heterocycles. The lowest BCUT2D eigenvalue weighted by Crippen LogP contribution is -2.28. The average Bonchev–Trinajstić information content (AvgIpc) is 2.42. The molecule has 0 saturated heterocycles. The van der Waals surface area contributed by atoms with Crippen LogP contribution in [0.2, 0.25) is 0 Å². The van der Waals surface area contributed by atoms with Gasteiger partial charge in [-0.3, -0.25) is 4.79 Å². The molecule has 0 aromatic heterocycles. The number of hydrogen-bond donors (Lipinski definition) is 2. The van der Waals surface area contributed by atoms with Gasteiger partial charge in [0.05, 0.1) is 5.92 Å². The van der Waals surface area contributed by atoms with Crippen LogP contribution in [0.5, 0.6) is 0 Å². The van der Waals surface area contributed by atoms with Crippen LogP contribution in [0.25, 0.3) is 0 Å². The molecule has 0 aliphatic rings. The second kappa shape index (κ2) is 8.13. The van der Waals surface area contributed by atoms with Gasteiger partial charge in [-0.25, -0.2) is 4.79 Å². The summed E-state index contributed by atoms with van der Waals surface area (Å²) in [7, 11) is 0. The molecule has 19 heavy (non-hydrogen) atoms. The first-order valence-electron chi connectivity index (χ1n) is 6.30. The maximum atomic E-state index is 11.4.